The Hall–Kier alpha value is -1.75. The van der Waals surface area contributed by atoms with Crippen LogP contribution in [0.5, 0.6) is 11.5 Å². The summed E-state index contributed by atoms with van der Waals surface area (Å²) in [5.74, 6) is 1.44. The van der Waals surface area contributed by atoms with E-state index < -0.39 is 0 Å². The molecule has 5 nitrogen and oxygen atoms in total. The standard InChI is InChI=1S/C12H15NO4/c1-8(5-14)6-16-9-2-3-10-11(13-15)7-17-12(10)4-9/h2-4,8,14-15H,5-7H2,1H3/b13-11+. The predicted molar refractivity (Wildman–Crippen MR) is 62.0 cm³/mol. The van der Waals surface area contributed by atoms with E-state index in [1.807, 2.05) is 6.92 Å². The van der Waals surface area contributed by atoms with E-state index in [0.717, 1.165) is 5.56 Å². The Balaban J connectivity index is 2.08. The highest BCUT2D eigenvalue weighted by Gasteiger charge is 2.20. The predicted octanol–water partition coefficient (Wildman–Crippen LogP) is 1.26. The molecule has 0 radical (unpaired) electrons. The molecule has 1 aromatic rings. The summed E-state index contributed by atoms with van der Waals surface area (Å²) in [6.45, 7) is 2.74. The molecule has 0 aliphatic carbocycles. The zero-order chi connectivity index (χ0) is 12.3. The molecule has 0 saturated carbocycles. The van der Waals surface area contributed by atoms with Crippen LogP contribution in [0.2, 0.25) is 0 Å². The van der Waals surface area contributed by atoms with Gasteiger partial charge in [0.1, 0.15) is 23.8 Å². The van der Waals surface area contributed by atoms with Crippen molar-refractivity contribution in [2.75, 3.05) is 19.8 Å². The number of hydrogen-bond donors (Lipinski definition) is 2. The van der Waals surface area contributed by atoms with E-state index in [2.05, 4.69) is 5.16 Å². The molecule has 0 spiro atoms. The third kappa shape index (κ3) is 2.50. The number of nitrogens with zero attached hydrogens (tertiary/aromatic N) is 1. The maximum absolute atomic E-state index is 8.89. The van der Waals surface area contributed by atoms with Gasteiger partial charge < -0.3 is 19.8 Å². The maximum atomic E-state index is 8.89. The quantitative estimate of drug-likeness (QED) is 0.611. The first-order valence-corrected chi connectivity index (χ1v) is 5.46. The SMILES string of the molecule is CC(CO)COc1ccc2c(c1)OC/C2=N\O. The highest BCUT2D eigenvalue weighted by molar-refractivity contribution is 6.05. The van der Waals surface area contributed by atoms with Crippen LogP contribution in [0.3, 0.4) is 0 Å². The summed E-state index contributed by atoms with van der Waals surface area (Å²) in [6.07, 6.45) is 0. The van der Waals surface area contributed by atoms with Gasteiger partial charge in [-0.05, 0) is 12.1 Å². The first-order chi connectivity index (χ1) is 8.24. The van der Waals surface area contributed by atoms with Gasteiger partial charge in [-0.2, -0.15) is 0 Å². The second-order valence-electron chi connectivity index (χ2n) is 4.09. The summed E-state index contributed by atoms with van der Waals surface area (Å²) < 4.78 is 10.9. The van der Waals surface area contributed by atoms with Crippen LogP contribution in [0.1, 0.15) is 12.5 Å². The molecule has 0 saturated heterocycles. The molecule has 1 unspecified atom stereocenters. The van der Waals surface area contributed by atoms with E-state index in [1.54, 1.807) is 18.2 Å². The fourth-order valence-corrected chi connectivity index (χ4v) is 1.55. The molecule has 5 heteroatoms. The van der Waals surface area contributed by atoms with Crippen molar-refractivity contribution < 1.29 is 19.8 Å². The van der Waals surface area contributed by atoms with Gasteiger partial charge in [0.2, 0.25) is 0 Å². The van der Waals surface area contributed by atoms with Crippen molar-refractivity contribution in [3.8, 4) is 11.5 Å². The Labute approximate surface area is 99.3 Å². The van der Waals surface area contributed by atoms with E-state index in [1.165, 1.54) is 0 Å². The lowest BCUT2D eigenvalue weighted by Gasteiger charge is -2.10. The van der Waals surface area contributed by atoms with Crippen LogP contribution in [-0.2, 0) is 0 Å². The number of rotatable bonds is 4. The van der Waals surface area contributed by atoms with Gasteiger partial charge in [0.25, 0.3) is 0 Å². The summed E-state index contributed by atoms with van der Waals surface area (Å²) in [4.78, 5) is 0. The van der Waals surface area contributed by atoms with Crippen LogP contribution >= 0.6 is 0 Å². The fourth-order valence-electron chi connectivity index (χ4n) is 1.55. The van der Waals surface area contributed by atoms with Crippen molar-refractivity contribution >= 4 is 5.71 Å². The largest absolute Gasteiger partial charge is 0.493 e. The highest BCUT2D eigenvalue weighted by atomic mass is 16.5. The number of fused-ring (bicyclic) bond motifs is 1. The lowest BCUT2D eigenvalue weighted by Crippen LogP contribution is -2.12. The third-order valence-electron chi connectivity index (χ3n) is 2.60. The fraction of sp³-hybridized carbons (Fsp3) is 0.417. The number of hydrogen-bond acceptors (Lipinski definition) is 5. The van der Waals surface area contributed by atoms with Gasteiger partial charge in [-0.15, -0.1) is 0 Å². The molecule has 2 rings (SSSR count). The Morgan fingerprint density at radius 2 is 2.35 bits per heavy atom. The van der Waals surface area contributed by atoms with Crippen molar-refractivity contribution in [1.29, 1.82) is 0 Å². The number of aliphatic hydroxyl groups excluding tert-OH is 1. The van der Waals surface area contributed by atoms with Gasteiger partial charge >= 0.3 is 0 Å². The minimum absolute atomic E-state index is 0.0961. The van der Waals surface area contributed by atoms with Gasteiger partial charge in [-0.1, -0.05) is 12.1 Å². The normalized spacial score (nSPS) is 17.6. The van der Waals surface area contributed by atoms with Crippen LogP contribution in [0, 0.1) is 5.92 Å². The van der Waals surface area contributed by atoms with Gasteiger partial charge in [0, 0.05) is 24.2 Å². The molecule has 1 aromatic carbocycles. The van der Waals surface area contributed by atoms with Crippen molar-refractivity contribution in [2.45, 2.75) is 6.92 Å². The van der Waals surface area contributed by atoms with Crippen LogP contribution < -0.4 is 9.47 Å². The smallest absolute Gasteiger partial charge is 0.134 e. The van der Waals surface area contributed by atoms with Crippen molar-refractivity contribution in [3.05, 3.63) is 23.8 Å². The average molecular weight is 237 g/mol. The first-order valence-electron chi connectivity index (χ1n) is 5.46. The molecule has 0 bridgehead atoms. The molecular formula is C12H15NO4. The molecular weight excluding hydrogens is 222 g/mol. The van der Waals surface area contributed by atoms with E-state index in [-0.39, 0.29) is 19.1 Å². The Kier molecular flexibility index (Phi) is 3.49. The van der Waals surface area contributed by atoms with Crippen molar-refractivity contribution in [2.24, 2.45) is 11.1 Å². The first kappa shape index (κ1) is 11.7. The van der Waals surface area contributed by atoms with Gasteiger partial charge in [-0.3, -0.25) is 0 Å². The highest BCUT2D eigenvalue weighted by Crippen LogP contribution is 2.30. The molecule has 0 aromatic heterocycles. The molecule has 1 heterocycles. The molecule has 1 aliphatic heterocycles. The molecule has 0 fully saturated rings. The molecule has 17 heavy (non-hydrogen) atoms. The third-order valence-corrected chi connectivity index (χ3v) is 2.60. The number of oxime groups is 1. The summed E-state index contributed by atoms with van der Waals surface area (Å²) in [7, 11) is 0. The van der Waals surface area contributed by atoms with E-state index in [4.69, 9.17) is 19.8 Å². The van der Waals surface area contributed by atoms with Gasteiger partial charge in [-0.25, -0.2) is 0 Å². The lowest BCUT2D eigenvalue weighted by molar-refractivity contribution is 0.174. The average Bonchev–Trinajstić information content (AvgIpc) is 2.78. The number of ether oxygens (including phenoxy) is 2. The van der Waals surface area contributed by atoms with Crippen LogP contribution in [0.15, 0.2) is 23.4 Å². The van der Waals surface area contributed by atoms with E-state index in [9.17, 15) is 0 Å². The Morgan fingerprint density at radius 1 is 1.53 bits per heavy atom. The molecule has 92 valence electrons. The minimum atomic E-state index is 0.0961. The zero-order valence-electron chi connectivity index (χ0n) is 9.59. The van der Waals surface area contributed by atoms with Gasteiger partial charge in [0.15, 0.2) is 0 Å². The summed E-state index contributed by atoms with van der Waals surface area (Å²) in [6, 6.07) is 5.36. The summed E-state index contributed by atoms with van der Waals surface area (Å²) >= 11 is 0. The number of benzene rings is 1. The monoisotopic (exact) mass is 237 g/mol. The van der Waals surface area contributed by atoms with Crippen molar-refractivity contribution in [1.82, 2.24) is 0 Å². The molecule has 0 amide bonds. The van der Waals surface area contributed by atoms with Crippen molar-refractivity contribution in [3.63, 3.8) is 0 Å². The Bertz CT molecular complexity index is 431. The lowest BCUT2D eigenvalue weighted by atomic mass is 10.1. The number of aliphatic hydroxyl groups is 1. The summed E-state index contributed by atoms with van der Waals surface area (Å²) in [5.41, 5.74) is 1.31. The maximum Gasteiger partial charge on any atom is 0.134 e. The zero-order valence-corrected chi connectivity index (χ0v) is 9.59. The Morgan fingerprint density at radius 3 is 3.06 bits per heavy atom. The topological polar surface area (TPSA) is 71.3 Å². The minimum Gasteiger partial charge on any atom is -0.493 e. The van der Waals surface area contributed by atoms with Crippen LogP contribution in [0.25, 0.3) is 0 Å². The van der Waals surface area contributed by atoms with Crippen LogP contribution in [0.4, 0.5) is 0 Å². The summed E-state index contributed by atoms with van der Waals surface area (Å²) in [5, 5.41) is 20.8. The molecule has 1 atom stereocenters. The van der Waals surface area contributed by atoms with Gasteiger partial charge in [0.05, 0.1) is 6.61 Å². The molecule has 2 N–H and O–H groups in total. The van der Waals surface area contributed by atoms with E-state index >= 15 is 0 Å². The second-order valence-corrected chi connectivity index (χ2v) is 4.09. The second kappa shape index (κ2) is 5.05. The molecule has 1 aliphatic rings. The van der Waals surface area contributed by atoms with E-state index in [0.29, 0.717) is 23.8 Å². The van der Waals surface area contributed by atoms with Crippen LogP contribution in [-0.4, -0.2) is 35.8 Å².